The number of nitrogens with zero attached hydrogens (tertiary/aromatic N) is 1. The number of nitrogens with two attached hydrogens (primary N) is 1. The number of piperidine rings is 1. The molecule has 1 saturated carbocycles. The highest BCUT2D eigenvalue weighted by Gasteiger charge is 2.29. The molecule has 0 bridgehead atoms. The summed E-state index contributed by atoms with van der Waals surface area (Å²) in [4.78, 5) is 2.72. The van der Waals surface area contributed by atoms with E-state index in [0.717, 1.165) is 18.5 Å². The fraction of sp³-hybridized carbons (Fsp3) is 1.00. The maximum absolute atomic E-state index is 5.92. The summed E-state index contributed by atoms with van der Waals surface area (Å²) in [5.41, 5.74) is 5.92. The molecular weight excluding hydrogens is 196 g/mol. The highest BCUT2D eigenvalue weighted by Crippen LogP contribution is 2.29. The van der Waals surface area contributed by atoms with Crippen molar-refractivity contribution < 1.29 is 0 Å². The van der Waals surface area contributed by atoms with Crippen molar-refractivity contribution in [3.05, 3.63) is 0 Å². The van der Waals surface area contributed by atoms with Gasteiger partial charge in [-0.05, 0) is 38.5 Å². The maximum atomic E-state index is 5.92. The molecule has 2 nitrogen and oxygen atoms in total. The summed E-state index contributed by atoms with van der Waals surface area (Å²) in [5.74, 6) is 0.961. The fourth-order valence-corrected chi connectivity index (χ4v) is 3.59. The first-order valence-electron chi connectivity index (χ1n) is 7.27. The van der Waals surface area contributed by atoms with E-state index in [2.05, 4.69) is 11.8 Å². The van der Waals surface area contributed by atoms with Crippen LogP contribution in [0.15, 0.2) is 0 Å². The Morgan fingerprint density at radius 1 is 1.00 bits per heavy atom. The summed E-state index contributed by atoms with van der Waals surface area (Å²) in [6.45, 7) is 4.57. The third-order valence-corrected chi connectivity index (χ3v) is 4.66. The number of hydrogen-bond acceptors (Lipinski definition) is 2. The molecule has 0 aromatic carbocycles. The van der Waals surface area contributed by atoms with Crippen LogP contribution in [0.25, 0.3) is 0 Å². The lowest BCUT2D eigenvalue weighted by molar-refractivity contribution is 0.0704. The molecule has 2 fully saturated rings. The lowest BCUT2D eigenvalue weighted by atomic mass is 9.87. The van der Waals surface area contributed by atoms with Crippen molar-refractivity contribution in [1.29, 1.82) is 0 Å². The van der Waals surface area contributed by atoms with Crippen molar-refractivity contribution in [2.75, 3.05) is 13.1 Å². The monoisotopic (exact) mass is 224 g/mol. The predicted molar refractivity (Wildman–Crippen MR) is 69.4 cm³/mol. The zero-order valence-electron chi connectivity index (χ0n) is 10.8. The molecule has 2 atom stereocenters. The fourth-order valence-electron chi connectivity index (χ4n) is 3.59. The van der Waals surface area contributed by atoms with Crippen molar-refractivity contribution in [1.82, 2.24) is 4.90 Å². The SMILES string of the molecule is CC1CCCC(CN)N1CC1CCCCC1. The minimum Gasteiger partial charge on any atom is -0.329 e. The second kappa shape index (κ2) is 6.02. The van der Waals surface area contributed by atoms with E-state index in [9.17, 15) is 0 Å². The Morgan fingerprint density at radius 2 is 1.75 bits per heavy atom. The molecule has 16 heavy (non-hydrogen) atoms. The Hall–Kier alpha value is -0.0800. The third kappa shape index (κ3) is 2.98. The topological polar surface area (TPSA) is 29.3 Å². The van der Waals surface area contributed by atoms with Crippen LogP contribution >= 0.6 is 0 Å². The van der Waals surface area contributed by atoms with Crippen LogP contribution in [0.2, 0.25) is 0 Å². The Kier molecular flexibility index (Phi) is 4.66. The van der Waals surface area contributed by atoms with Gasteiger partial charge in [0.1, 0.15) is 0 Å². The molecule has 2 unspecified atom stereocenters. The van der Waals surface area contributed by atoms with Crippen LogP contribution in [0.4, 0.5) is 0 Å². The zero-order chi connectivity index (χ0) is 11.4. The highest BCUT2D eigenvalue weighted by molar-refractivity contribution is 4.85. The van der Waals surface area contributed by atoms with E-state index < -0.39 is 0 Å². The first-order valence-corrected chi connectivity index (χ1v) is 7.27. The minimum atomic E-state index is 0.672. The average Bonchev–Trinajstić information content (AvgIpc) is 2.33. The summed E-state index contributed by atoms with van der Waals surface area (Å²) >= 11 is 0. The lowest BCUT2D eigenvalue weighted by Gasteiger charge is -2.42. The summed E-state index contributed by atoms with van der Waals surface area (Å²) < 4.78 is 0. The molecule has 2 aliphatic rings. The van der Waals surface area contributed by atoms with Gasteiger partial charge in [-0.1, -0.05) is 25.7 Å². The lowest BCUT2D eigenvalue weighted by Crippen LogP contribution is -2.50. The van der Waals surface area contributed by atoms with Gasteiger partial charge in [-0.3, -0.25) is 4.90 Å². The molecule has 1 saturated heterocycles. The Bertz CT molecular complexity index is 199. The van der Waals surface area contributed by atoms with Crippen molar-refractivity contribution in [3.8, 4) is 0 Å². The first kappa shape index (κ1) is 12.4. The van der Waals surface area contributed by atoms with E-state index in [1.807, 2.05) is 0 Å². The molecule has 1 aliphatic carbocycles. The van der Waals surface area contributed by atoms with E-state index >= 15 is 0 Å². The van der Waals surface area contributed by atoms with Crippen molar-refractivity contribution >= 4 is 0 Å². The van der Waals surface area contributed by atoms with Crippen molar-refractivity contribution in [2.45, 2.75) is 70.4 Å². The quantitative estimate of drug-likeness (QED) is 0.798. The molecule has 94 valence electrons. The number of likely N-dealkylation sites (tertiary alicyclic amines) is 1. The highest BCUT2D eigenvalue weighted by atomic mass is 15.2. The molecule has 0 aromatic rings. The molecule has 0 aromatic heterocycles. The normalized spacial score (nSPS) is 34.1. The molecule has 0 spiro atoms. The maximum Gasteiger partial charge on any atom is 0.0221 e. The van der Waals surface area contributed by atoms with E-state index in [-0.39, 0.29) is 0 Å². The van der Waals surface area contributed by atoms with Gasteiger partial charge in [0, 0.05) is 25.2 Å². The summed E-state index contributed by atoms with van der Waals surface area (Å²) in [7, 11) is 0. The van der Waals surface area contributed by atoms with Crippen LogP contribution in [0.1, 0.15) is 58.3 Å². The van der Waals surface area contributed by atoms with Gasteiger partial charge in [-0.2, -0.15) is 0 Å². The average molecular weight is 224 g/mol. The second-order valence-electron chi connectivity index (χ2n) is 5.87. The van der Waals surface area contributed by atoms with Gasteiger partial charge in [0.25, 0.3) is 0 Å². The second-order valence-corrected chi connectivity index (χ2v) is 5.87. The van der Waals surface area contributed by atoms with Gasteiger partial charge in [0.05, 0.1) is 0 Å². The Morgan fingerprint density at radius 3 is 2.44 bits per heavy atom. The van der Waals surface area contributed by atoms with Crippen molar-refractivity contribution in [3.63, 3.8) is 0 Å². The summed E-state index contributed by atoms with van der Waals surface area (Å²) in [6.07, 6.45) is 11.4. The van der Waals surface area contributed by atoms with Gasteiger partial charge in [-0.25, -0.2) is 0 Å². The molecule has 0 amide bonds. The van der Waals surface area contributed by atoms with E-state index in [4.69, 9.17) is 5.73 Å². The Balaban J connectivity index is 1.88. The zero-order valence-corrected chi connectivity index (χ0v) is 10.8. The van der Waals surface area contributed by atoms with Gasteiger partial charge in [0.15, 0.2) is 0 Å². The van der Waals surface area contributed by atoms with Crippen molar-refractivity contribution in [2.24, 2.45) is 11.7 Å². The van der Waals surface area contributed by atoms with E-state index in [1.165, 1.54) is 57.9 Å². The standard InChI is InChI=1S/C14H28N2/c1-12-6-5-9-14(10-15)16(12)11-13-7-3-2-4-8-13/h12-14H,2-11,15H2,1H3. The molecule has 2 heteroatoms. The molecule has 1 heterocycles. The summed E-state index contributed by atoms with van der Waals surface area (Å²) in [5, 5.41) is 0. The van der Waals surface area contributed by atoms with E-state index in [1.54, 1.807) is 0 Å². The predicted octanol–water partition coefficient (Wildman–Crippen LogP) is 2.77. The van der Waals surface area contributed by atoms with Gasteiger partial charge < -0.3 is 5.73 Å². The van der Waals surface area contributed by atoms with Gasteiger partial charge in [0.2, 0.25) is 0 Å². The smallest absolute Gasteiger partial charge is 0.0221 e. The van der Waals surface area contributed by atoms with Gasteiger partial charge >= 0.3 is 0 Å². The van der Waals surface area contributed by atoms with Crippen LogP contribution in [0.3, 0.4) is 0 Å². The van der Waals surface area contributed by atoms with E-state index in [0.29, 0.717) is 6.04 Å². The van der Waals surface area contributed by atoms with Crippen LogP contribution in [-0.4, -0.2) is 30.1 Å². The van der Waals surface area contributed by atoms with Crippen LogP contribution in [-0.2, 0) is 0 Å². The molecule has 2 rings (SSSR count). The summed E-state index contributed by atoms with van der Waals surface area (Å²) in [6, 6.07) is 1.44. The molecule has 2 N–H and O–H groups in total. The van der Waals surface area contributed by atoms with Crippen LogP contribution in [0, 0.1) is 5.92 Å². The Labute approximate surface area is 101 Å². The molecule has 0 radical (unpaired) electrons. The number of hydrogen-bond donors (Lipinski definition) is 1. The molecule has 1 aliphatic heterocycles. The molecular formula is C14H28N2. The number of rotatable bonds is 3. The largest absolute Gasteiger partial charge is 0.329 e. The van der Waals surface area contributed by atoms with Gasteiger partial charge in [-0.15, -0.1) is 0 Å². The minimum absolute atomic E-state index is 0.672. The van der Waals surface area contributed by atoms with Crippen LogP contribution in [0.5, 0.6) is 0 Å². The first-order chi connectivity index (χ1) is 7.81. The third-order valence-electron chi connectivity index (χ3n) is 4.66. The van der Waals surface area contributed by atoms with Crippen LogP contribution < -0.4 is 5.73 Å².